The second kappa shape index (κ2) is 5.42. The van der Waals surface area contributed by atoms with Crippen LogP contribution in [0.15, 0.2) is 24.5 Å². The molecule has 1 fully saturated rings. The third-order valence-electron chi connectivity index (χ3n) is 3.29. The molecule has 1 saturated heterocycles. The number of carboxylic acids is 1. The standard InChI is InChI=1S/C14H14N2O4/c17-14(18)9-1-2-11-12(7-9)15-8-16-13(11)20-10-3-5-19-6-4-10/h1-2,7-8,10H,3-6H2,(H,17,18). The second-order valence-electron chi connectivity index (χ2n) is 4.65. The van der Waals surface area contributed by atoms with Crippen molar-refractivity contribution in [1.82, 2.24) is 9.97 Å². The molecule has 2 heterocycles. The van der Waals surface area contributed by atoms with Crippen molar-refractivity contribution in [1.29, 1.82) is 0 Å². The quantitative estimate of drug-likeness (QED) is 0.920. The molecule has 0 atom stereocenters. The average molecular weight is 274 g/mol. The first-order valence-corrected chi connectivity index (χ1v) is 6.46. The van der Waals surface area contributed by atoms with Crippen molar-refractivity contribution in [2.45, 2.75) is 18.9 Å². The maximum atomic E-state index is 11.0. The molecule has 1 aliphatic heterocycles. The Hall–Kier alpha value is -2.21. The van der Waals surface area contributed by atoms with E-state index in [4.69, 9.17) is 14.6 Å². The van der Waals surface area contributed by atoms with Crippen molar-refractivity contribution in [3.05, 3.63) is 30.1 Å². The topological polar surface area (TPSA) is 81.5 Å². The number of rotatable bonds is 3. The summed E-state index contributed by atoms with van der Waals surface area (Å²) in [6.45, 7) is 1.38. The van der Waals surface area contributed by atoms with E-state index in [-0.39, 0.29) is 11.7 Å². The van der Waals surface area contributed by atoms with E-state index < -0.39 is 5.97 Å². The van der Waals surface area contributed by atoms with Crippen LogP contribution in [0.2, 0.25) is 0 Å². The SMILES string of the molecule is O=C(O)c1ccc2c(OC3CCOCC3)ncnc2c1. The highest BCUT2D eigenvalue weighted by atomic mass is 16.5. The summed E-state index contributed by atoms with van der Waals surface area (Å²) in [6, 6.07) is 4.74. The summed E-state index contributed by atoms with van der Waals surface area (Å²) >= 11 is 0. The molecule has 0 spiro atoms. The minimum absolute atomic E-state index is 0.0843. The van der Waals surface area contributed by atoms with Gasteiger partial charge in [0.25, 0.3) is 0 Å². The van der Waals surface area contributed by atoms with E-state index in [9.17, 15) is 4.79 Å². The average Bonchev–Trinajstić information content (AvgIpc) is 2.48. The first-order valence-electron chi connectivity index (χ1n) is 6.46. The van der Waals surface area contributed by atoms with Crippen LogP contribution in [0.3, 0.4) is 0 Å². The van der Waals surface area contributed by atoms with Crippen LogP contribution >= 0.6 is 0 Å². The molecule has 0 bridgehead atoms. The van der Waals surface area contributed by atoms with E-state index in [0.717, 1.165) is 18.2 Å². The predicted molar refractivity (Wildman–Crippen MR) is 71.0 cm³/mol. The smallest absolute Gasteiger partial charge is 0.335 e. The van der Waals surface area contributed by atoms with Gasteiger partial charge in [-0.15, -0.1) is 0 Å². The zero-order chi connectivity index (χ0) is 13.9. The van der Waals surface area contributed by atoms with Crippen LogP contribution in [-0.2, 0) is 4.74 Å². The van der Waals surface area contributed by atoms with Gasteiger partial charge in [0, 0.05) is 12.8 Å². The fourth-order valence-corrected chi connectivity index (χ4v) is 2.21. The Morgan fingerprint density at radius 2 is 2.10 bits per heavy atom. The van der Waals surface area contributed by atoms with Crippen LogP contribution in [-0.4, -0.2) is 40.4 Å². The molecular formula is C14H14N2O4. The lowest BCUT2D eigenvalue weighted by Gasteiger charge is -2.23. The predicted octanol–water partition coefficient (Wildman–Crippen LogP) is 1.89. The van der Waals surface area contributed by atoms with Crippen LogP contribution in [0.4, 0.5) is 0 Å². The third-order valence-corrected chi connectivity index (χ3v) is 3.29. The van der Waals surface area contributed by atoms with Crippen LogP contribution in [0, 0.1) is 0 Å². The fourth-order valence-electron chi connectivity index (χ4n) is 2.21. The molecule has 6 heteroatoms. The second-order valence-corrected chi connectivity index (χ2v) is 4.65. The first-order chi connectivity index (χ1) is 9.74. The molecule has 0 amide bonds. The third kappa shape index (κ3) is 2.55. The Balaban J connectivity index is 1.92. The van der Waals surface area contributed by atoms with Crippen molar-refractivity contribution < 1.29 is 19.4 Å². The van der Waals surface area contributed by atoms with Gasteiger partial charge in [0.1, 0.15) is 12.4 Å². The highest BCUT2D eigenvalue weighted by molar-refractivity contribution is 5.94. The van der Waals surface area contributed by atoms with Crippen molar-refractivity contribution in [2.24, 2.45) is 0 Å². The molecule has 0 radical (unpaired) electrons. The van der Waals surface area contributed by atoms with E-state index >= 15 is 0 Å². The molecule has 0 unspecified atom stereocenters. The zero-order valence-electron chi connectivity index (χ0n) is 10.8. The molecule has 1 aromatic carbocycles. The number of carboxylic acid groups (broad SMARTS) is 1. The summed E-state index contributed by atoms with van der Waals surface area (Å²) in [5.74, 6) is -0.476. The van der Waals surface area contributed by atoms with Gasteiger partial charge in [-0.1, -0.05) is 0 Å². The summed E-state index contributed by atoms with van der Waals surface area (Å²) in [5, 5.41) is 9.71. The molecule has 20 heavy (non-hydrogen) atoms. The monoisotopic (exact) mass is 274 g/mol. The van der Waals surface area contributed by atoms with Crippen molar-refractivity contribution in [3.63, 3.8) is 0 Å². The van der Waals surface area contributed by atoms with Crippen LogP contribution in [0.1, 0.15) is 23.2 Å². The maximum Gasteiger partial charge on any atom is 0.335 e. The Kier molecular flexibility index (Phi) is 3.47. The van der Waals surface area contributed by atoms with Gasteiger partial charge in [-0.05, 0) is 18.2 Å². The lowest BCUT2D eigenvalue weighted by molar-refractivity contribution is 0.0244. The summed E-state index contributed by atoms with van der Waals surface area (Å²) in [6.07, 6.45) is 3.14. The maximum absolute atomic E-state index is 11.0. The van der Waals surface area contributed by atoms with Gasteiger partial charge in [-0.25, -0.2) is 14.8 Å². The number of hydrogen-bond donors (Lipinski definition) is 1. The van der Waals surface area contributed by atoms with E-state index in [0.29, 0.717) is 24.6 Å². The van der Waals surface area contributed by atoms with Crippen molar-refractivity contribution in [2.75, 3.05) is 13.2 Å². The molecule has 104 valence electrons. The molecule has 0 aliphatic carbocycles. The largest absolute Gasteiger partial charge is 0.478 e. The molecule has 0 saturated carbocycles. The van der Waals surface area contributed by atoms with E-state index in [2.05, 4.69) is 9.97 Å². The summed E-state index contributed by atoms with van der Waals surface area (Å²) in [4.78, 5) is 19.2. The van der Waals surface area contributed by atoms with Gasteiger partial charge in [-0.2, -0.15) is 0 Å². The van der Waals surface area contributed by atoms with Gasteiger partial charge in [-0.3, -0.25) is 0 Å². The number of aromatic carboxylic acids is 1. The summed E-state index contributed by atoms with van der Waals surface area (Å²) in [7, 11) is 0. The molecular weight excluding hydrogens is 260 g/mol. The number of aromatic nitrogens is 2. The highest BCUT2D eigenvalue weighted by Gasteiger charge is 2.17. The van der Waals surface area contributed by atoms with E-state index in [1.165, 1.54) is 18.5 Å². The molecule has 2 aromatic rings. The van der Waals surface area contributed by atoms with Gasteiger partial charge in [0.05, 0.1) is 29.7 Å². The molecule has 1 aromatic heterocycles. The van der Waals surface area contributed by atoms with Crippen LogP contribution < -0.4 is 4.74 Å². The number of nitrogens with zero attached hydrogens (tertiary/aromatic N) is 2. The van der Waals surface area contributed by atoms with Gasteiger partial charge >= 0.3 is 5.97 Å². The van der Waals surface area contributed by atoms with Gasteiger partial charge in [0.15, 0.2) is 0 Å². The Morgan fingerprint density at radius 3 is 2.85 bits per heavy atom. The normalized spacial score (nSPS) is 16.2. The van der Waals surface area contributed by atoms with Crippen molar-refractivity contribution in [3.8, 4) is 5.88 Å². The number of fused-ring (bicyclic) bond motifs is 1. The van der Waals surface area contributed by atoms with E-state index in [1.54, 1.807) is 6.07 Å². The molecule has 1 aliphatic rings. The first kappa shape index (κ1) is 12.8. The number of hydrogen-bond acceptors (Lipinski definition) is 5. The summed E-state index contributed by atoms with van der Waals surface area (Å²) in [5.41, 5.74) is 0.773. The minimum atomic E-state index is -0.975. The summed E-state index contributed by atoms with van der Waals surface area (Å²) < 4.78 is 11.2. The number of benzene rings is 1. The zero-order valence-corrected chi connectivity index (χ0v) is 10.8. The lowest BCUT2D eigenvalue weighted by Crippen LogP contribution is -2.26. The van der Waals surface area contributed by atoms with Gasteiger partial charge in [0.2, 0.25) is 5.88 Å². The minimum Gasteiger partial charge on any atom is -0.478 e. The Labute approximate surface area is 115 Å². The van der Waals surface area contributed by atoms with Crippen LogP contribution in [0.5, 0.6) is 5.88 Å². The van der Waals surface area contributed by atoms with E-state index in [1.807, 2.05) is 0 Å². The van der Waals surface area contributed by atoms with Crippen molar-refractivity contribution >= 4 is 16.9 Å². The van der Waals surface area contributed by atoms with Crippen LogP contribution in [0.25, 0.3) is 10.9 Å². The highest BCUT2D eigenvalue weighted by Crippen LogP contribution is 2.25. The van der Waals surface area contributed by atoms with Gasteiger partial charge < -0.3 is 14.6 Å². The molecule has 3 rings (SSSR count). The lowest BCUT2D eigenvalue weighted by atomic mass is 10.1. The molecule has 1 N–H and O–H groups in total. The Morgan fingerprint density at radius 1 is 1.30 bits per heavy atom. The number of carbonyl (C=O) groups is 1. The molecule has 6 nitrogen and oxygen atoms in total. The fraction of sp³-hybridized carbons (Fsp3) is 0.357. The Bertz CT molecular complexity index is 638. The number of ether oxygens (including phenoxy) is 2.